The Morgan fingerprint density at radius 2 is 1.84 bits per heavy atom. The van der Waals surface area contributed by atoms with Gasteiger partial charge in [0.15, 0.2) is 0 Å². The summed E-state index contributed by atoms with van der Waals surface area (Å²) in [5.74, 6) is 1.95. The van der Waals surface area contributed by atoms with Gasteiger partial charge in [-0.3, -0.25) is 4.79 Å². The van der Waals surface area contributed by atoms with Gasteiger partial charge in [0, 0.05) is 26.2 Å². The van der Waals surface area contributed by atoms with Gasteiger partial charge < -0.3 is 19.3 Å². The second-order valence-electron chi connectivity index (χ2n) is 5.66. The molecule has 0 radical (unpaired) electrons. The fraction of sp³-hybridized carbons (Fsp3) is 0.333. The average Bonchev–Trinajstić information content (AvgIpc) is 2.67. The van der Waals surface area contributed by atoms with Crippen LogP contribution in [0.3, 0.4) is 0 Å². The van der Waals surface area contributed by atoms with Gasteiger partial charge in [0.25, 0.3) is 5.91 Å². The standard InChI is InChI=1S/C18H20ClN3O3/c1-24-13-6-7-15(25-2)14(12-13)18(23)22-10-8-21(9-11-22)17-5-3-4-16(19)20-17/h3-7,12H,8-11H2,1-2H3. The van der Waals surface area contributed by atoms with Crippen molar-refractivity contribution in [1.29, 1.82) is 0 Å². The van der Waals surface area contributed by atoms with Crippen molar-refractivity contribution < 1.29 is 14.3 Å². The smallest absolute Gasteiger partial charge is 0.257 e. The molecule has 1 saturated heterocycles. The molecule has 1 aliphatic rings. The Balaban J connectivity index is 1.71. The second-order valence-corrected chi connectivity index (χ2v) is 6.05. The third kappa shape index (κ3) is 3.79. The first-order chi connectivity index (χ1) is 12.1. The van der Waals surface area contributed by atoms with Crippen LogP contribution < -0.4 is 14.4 Å². The number of aromatic nitrogens is 1. The summed E-state index contributed by atoms with van der Waals surface area (Å²) in [6, 6.07) is 10.8. The Hall–Kier alpha value is -2.47. The van der Waals surface area contributed by atoms with Crippen LogP contribution in [0.25, 0.3) is 0 Å². The van der Waals surface area contributed by atoms with Crippen molar-refractivity contribution in [1.82, 2.24) is 9.88 Å². The number of carbonyl (C=O) groups excluding carboxylic acids is 1. The van der Waals surface area contributed by atoms with Gasteiger partial charge in [-0.25, -0.2) is 4.98 Å². The molecule has 25 heavy (non-hydrogen) atoms. The molecule has 1 aliphatic heterocycles. The second kappa shape index (κ2) is 7.61. The molecule has 0 saturated carbocycles. The number of methoxy groups -OCH3 is 2. The summed E-state index contributed by atoms with van der Waals surface area (Å²) < 4.78 is 10.5. The molecule has 1 amide bonds. The lowest BCUT2D eigenvalue weighted by Gasteiger charge is -2.35. The molecule has 0 atom stereocenters. The van der Waals surface area contributed by atoms with E-state index in [1.54, 1.807) is 38.5 Å². The van der Waals surface area contributed by atoms with E-state index in [4.69, 9.17) is 21.1 Å². The third-order valence-electron chi connectivity index (χ3n) is 4.23. The highest BCUT2D eigenvalue weighted by molar-refractivity contribution is 6.29. The zero-order valence-corrected chi connectivity index (χ0v) is 15.0. The van der Waals surface area contributed by atoms with Crippen LogP contribution in [0.2, 0.25) is 5.15 Å². The van der Waals surface area contributed by atoms with Crippen LogP contribution in [0.15, 0.2) is 36.4 Å². The van der Waals surface area contributed by atoms with Gasteiger partial charge in [-0.05, 0) is 30.3 Å². The first kappa shape index (κ1) is 17.4. The number of carbonyl (C=O) groups is 1. The highest BCUT2D eigenvalue weighted by Crippen LogP contribution is 2.26. The zero-order valence-electron chi connectivity index (χ0n) is 14.2. The van der Waals surface area contributed by atoms with Gasteiger partial charge in [0.2, 0.25) is 0 Å². The predicted octanol–water partition coefficient (Wildman–Crippen LogP) is 2.71. The largest absolute Gasteiger partial charge is 0.497 e. The van der Waals surface area contributed by atoms with E-state index in [-0.39, 0.29) is 5.91 Å². The van der Waals surface area contributed by atoms with Gasteiger partial charge in [0.1, 0.15) is 22.5 Å². The number of halogens is 1. The summed E-state index contributed by atoms with van der Waals surface area (Å²) in [5, 5.41) is 0.470. The van der Waals surface area contributed by atoms with Crippen molar-refractivity contribution in [2.45, 2.75) is 0 Å². The van der Waals surface area contributed by atoms with Gasteiger partial charge in [0.05, 0.1) is 19.8 Å². The number of rotatable bonds is 4. The molecule has 0 spiro atoms. The topological polar surface area (TPSA) is 54.9 Å². The van der Waals surface area contributed by atoms with Crippen LogP contribution in [0, 0.1) is 0 Å². The minimum atomic E-state index is -0.0607. The minimum absolute atomic E-state index is 0.0607. The lowest BCUT2D eigenvalue weighted by molar-refractivity contribution is 0.0742. The van der Waals surface area contributed by atoms with Crippen LogP contribution in [0.4, 0.5) is 5.82 Å². The van der Waals surface area contributed by atoms with E-state index in [1.807, 2.05) is 17.0 Å². The maximum atomic E-state index is 12.9. The molecule has 7 heteroatoms. The van der Waals surface area contributed by atoms with Gasteiger partial charge in [-0.2, -0.15) is 0 Å². The monoisotopic (exact) mass is 361 g/mol. The molecule has 0 aliphatic carbocycles. The Labute approximate surface area is 151 Å². The van der Waals surface area contributed by atoms with Crippen molar-refractivity contribution >= 4 is 23.3 Å². The zero-order chi connectivity index (χ0) is 17.8. The van der Waals surface area contributed by atoms with E-state index in [0.717, 1.165) is 5.82 Å². The van der Waals surface area contributed by atoms with Crippen LogP contribution >= 0.6 is 11.6 Å². The van der Waals surface area contributed by atoms with E-state index >= 15 is 0 Å². The molecular formula is C18H20ClN3O3. The predicted molar refractivity (Wildman–Crippen MR) is 96.9 cm³/mol. The first-order valence-electron chi connectivity index (χ1n) is 8.01. The number of hydrogen-bond donors (Lipinski definition) is 0. The van der Waals surface area contributed by atoms with Crippen LogP contribution in [0.5, 0.6) is 11.5 Å². The van der Waals surface area contributed by atoms with E-state index in [0.29, 0.717) is 48.4 Å². The third-order valence-corrected chi connectivity index (χ3v) is 4.44. The lowest BCUT2D eigenvalue weighted by atomic mass is 10.1. The highest BCUT2D eigenvalue weighted by atomic mass is 35.5. The van der Waals surface area contributed by atoms with E-state index in [9.17, 15) is 4.79 Å². The molecular weight excluding hydrogens is 342 g/mol. The number of benzene rings is 1. The maximum absolute atomic E-state index is 12.9. The number of hydrogen-bond acceptors (Lipinski definition) is 5. The molecule has 0 unspecified atom stereocenters. The summed E-state index contributed by atoms with van der Waals surface area (Å²) in [7, 11) is 3.13. The fourth-order valence-corrected chi connectivity index (χ4v) is 3.02. The molecule has 6 nitrogen and oxygen atoms in total. The molecule has 0 N–H and O–H groups in total. The van der Waals surface area contributed by atoms with E-state index in [1.165, 1.54) is 0 Å². The lowest BCUT2D eigenvalue weighted by Crippen LogP contribution is -2.49. The number of anilines is 1. The quantitative estimate of drug-likeness (QED) is 0.784. The summed E-state index contributed by atoms with van der Waals surface area (Å²) in [6.07, 6.45) is 0. The molecule has 1 aromatic carbocycles. The summed E-state index contributed by atoms with van der Waals surface area (Å²) >= 11 is 5.96. The summed E-state index contributed by atoms with van der Waals surface area (Å²) in [5.41, 5.74) is 0.510. The maximum Gasteiger partial charge on any atom is 0.257 e. The number of pyridine rings is 1. The summed E-state index contributed by atoms with van der Waals surface area (Å²) in [6.45, 7) is 2.61. The minimum Gasteiger partial charge on any atom is -0.497 e. The first-order valence-corrected chi connectivity index (χ1v) is 8.39. The highest BCUT2D eigenvalue weighted by Gasteiger charge is 2.25. The molecule has 0 bridgehead atoms. The van der Waals surface area contributed by atoms with Gasteiger partial charge >= 0.3 is 0 Å². The molecule has 3 rings (SSSR count). The van der Waals surface area contributed by atoms with Crippen molar-refractivity contribution in [2.24, 2.45) is 0 Å². The van der Waals surface area contributed by atoms with E-state index < -0.39 is 0 Å². The summed E-state index contributed by atoms with van der Waals surface area (Å²) in [4.78, 5) is 21.1. The Morgan fingerprint density at radius 3 is 2.48 bits per heavy atom. The normalized spacial score (nSPS) is 14.4. The average molecular weight is 362 g/mol. The molecule has 1 aromatic heterocycles. The van der Waals surface area contributed by atoms with Gasteiger partial charge in [-0.15, -0.1) is 0 Å². The molecule has 132 valence electrons. The SMILES string of the molecule is COc1ccc(OC)c(C(=O)N2CCN(c3cccc(Cl)n3)CC2)c1. The molecule has 1 fully saturated rings. The van der Waals surface area contributed by atoms with Crippen molar-refractivity contribution in [3.8, 4) is 11.5 Å². The van der Waals surface area contributed by atoms with Crippen LogP contribution in [-0.4, -0.2) is 56.2 Å². The number of piperazine rings is 1. The van der Waals surface area contributed by atoms with Crippen LogP contribution in [0.1, 0.15) is 10.4 Å². The molecule has 2 heterocycles. The Bertz CT molecular complexity index is 761. The number of amides is 1. The van der Waals surface area contributed by atoms with Crippen molar-refractivity contribution in [2.75, 3.05) is 45.3 Å². The van der Waals surface area contributed by atoms with E-state index in [2.05, 4.69) is 9.88 Å². The van der Waals surface area contributed by atoms with Crippen molar-refractivity contribution in [3.63, 3.8) is 0 Å². The number of nitrogens with zero attached hydrogens (tertiary/aromatic N) is 3. The van der Waals surface area contributed by atoms with Crippen LogP contribution in [-0.2, 0) is 0 Å². The van der Waals surface area contributed by atoms with Gasteiger partial charge in [-0.1, -0.05) is 17.7 Å². The van der Waals surface area contributed by atoms with Crippen molar-refractivity contribution in [3.05, 3.63) is 47.1 Å². The fourth-order valence-electron chi connectivity index (χ4n) is 2.86. The number of ether oxygens (including phenoxy) is 2. The molecule has 2 aromatic rings. The Kier molecular flexibility index (Phi) is 5.28. The Morgan fingerprint density at radius 1 is 1.08 bits per heavy atom.